The molecule has 1 amide bonds. The van der Waals surface area contributed by atoms with Crippen molar-refractivity contribution in [1.82, 2.24) is 4.90 Å². The van der Waals surface area contributed by atoms with E-state index in [1.807, 2.05) is 13.8 Å². The number of amides is 1. The van der Waals surface area contributed by atoms with Crippen molar-refractivity contribution in [2.24, 2.45) is 17.0 Å². The highest BCUT2D eigenvalue weighted by molar-refractivity contribution is 9.10. The molecule has 2 rings (SSSR count). The number of nitrogens with two attached hydrogens (primary N) is 1. The van der Waals surface area contributed by atoms with E-state index < -0.39 is 26.6 Å². The number of hydrogen-bond acceptors (Lipinski definition) is 3. The van der Waals surface area contributed by atoms with Crippen LogP contribution in [0.3, 0.4) is 0 Å². The van der Waals surface area contributed by atoms with E-state index in [2.05, 4.69) is 15.9 Å². The predicted octanol–water partition coefficient (Wildman–Crippen LogP) is 1.96. The monoisotopic (exact) mass is 378 g/mol. The van der Waals surface area contributed by atoms with Gasteiger partial charge >= 0.3 is 0 Å². The molecule has 1 heterocycles. The smallest absolute Gasteiger partial charge is 0.256 e. The number of nitrogens with zero attached hydrogens (tertiary/aromatic N) is 1. The molecule has 0 saturated carbocycles. The van der Waals surface area contributed by atoms with Crippen molar-refractivity contribution in [2.75, 3.05) is 13.1 Å². The highest BCUT2D eigenvalue weighted by Gasteiger charge is 2.32. The molecule has 1 saturated heterocycles. The Balaban J connectivity index is 2.45. The highest BCUT2D eigenvalue weighted by atomic mass is 79.9. The third-order valence-corrected chi connectivity index (χ3v) is 5.18. The molecule has 2 atom stereocenters. The summed E-state index contributed by atoms with van der Waals surface area (Å²) in [5.74, 6) is -0.975. The number of halogens is 2. The Morgan fingerprint density at radius 3 is 2.33 bits per heavy atom. The zero-order valence-electron chi connectivity index (χ0n) is 11.6. The van der Waals surface area contributed by atoms with Gasteiger partial charge in [0.05, 0.1) is 5.56 Å². The average Bonchev–Trinajstić information content (AvgIpc) is 2.70. The number of carbonyl (C=O) groups excluding carboxylic acids is 1. The molecule has 1 fully saturated rings. The summed E-state index contributed by atoms with van der Waals surface area (Å²) >= 11 is 3.08. The number of sulfonamides is 1. The zero-order valence-corrected chi connectivity index (χ0v) is 14.0. The summed E-state index contributed by atoms with van der Waals surface area (Å²) in [6.07, 6.45) is 0. The van der Waals surface area contributed by atoms with E-state index in [0.717, 1.165) is 6.07 Å². The van der Waals surface area contributed by atoms with Crippen molar-refractivity contribution in [3.8, 4) is 0 Å². The van der Waals surface area contributed by atoms with Crippen molar-refractivity contribution in [2.45, 2.75) is 18.7 Å². The van der Waals surface area contributed by atoms with Gasteiger partial charge in [-0.25, -0.2) is 17.9 Å². The van der Waals surface area contributed by atoms with E-state index in [1.54, 1.807) is 0 Å². The zero-order chi connectivity index (χ0) is 15.9. The van der Waals surface area contributed by atoms with E-state index in [9.17, 15) is 17.6 Å². The Hall–Kier alpha value is -0.990. The van der Waals surface area contributed by atoms with Crippen LogP contribution in [0.25, 0.3) is 0 Å². The summed E-state index contributed by atoms with van der Waals surface area (Å²) in [6, 6.07) is 2.33. The SMILES string of the molecule is CC1CN(C(=O)c2cc(Br)cc(S(N)(=O)=O)c2F)CC1C. The number of rotatable bonds is 2. The van der Waals surface area contributed by atoms with Crippen LogP contribution < -0.4 is 5.14 Å². The van der Waals surface area contributed by atoms with Gasteiger partial charge in [-0.2, -0.15) is 0 Å². The Morgan fingerprint density at radius 1 is 1.33 bits per heavy atom. The van der Waals surface area contributed by atoms with E-state index in [0.29, 0.717) is 24.9 Å². The Morgan fingerprint density at radius 2 is 1.86 bits per heavy atom. The summed E-state index contributed by atoms with van der Waals surface area (Å²) in [5, 5.41) is 4.98. The lowest BCUT2D eigenvalue weighted by Gasteiger charge is -2.17. The molecule has 0 bridgehead atoms. The molecule has 2 unspecified atom stereocenters. The maximum absolute atomic E-state index is 14.3. The topological polar surface area (TPSA) is 80.5 Å². The molecule has 0 radical (unpaired) electrons. The molecule has 116 valence electrons. The van der Waals surface area contributed by atoms with Crippen LogP contribution in [0.15, 0.2) is 21.5 Å². The minimum absolute atomic E-state index is 0.283. The van der Waals surface area contributed by atoms with E-state index in [-0.39, 0.29) is 10.0 Å². The average molecular weight is 379 g/mol. The first kappa shape index (κ1) is 16.4. The second-order valence-electron chi connectivity index (χ2n) is 5.48. The van der Waals surface area contributed by atoms with E-state index >= 15 is 0 Å². The van der Waals surface area contributed by atoms with Crippen molar-refractivity contribution in [1.29, 1.82) is 0 Å². The third kappa shape index (κ3) is 3.27. The number of benzene rings is 1. The number of primary sulfonamides is 1. The third-order valence-electron chi connectivity index (χ3n) is 3.82. The molecule has 5 nitrogen and oxygen atoms in total. The molecule has 1 aromatic rings. The van der Waals surface area contributed by atoms with Crippen LogP contribution in [0, 0.1) is 17.7 Å². The first-order valence-corrected chi connectivity index (χ1v) is 8.76. The second kappa shape index (κ2) is 5.66. The Bertz CT molecular complexity index is 683. The molecule has 0 aliphatic carbocycles. The summed E-state index contributed by atoms with van der Waals surface area (Å²) in [4.78, 5) is 13.3. The molecular weight excluding hydrogens is 363 g/mol. The highest BCUT2D eigenvalue weighted by Crippen LogP contribution is 2.28. The van der Waals surface area contributed by atoms with Gasteiger partial charge in [0, 0.05) is 17.6 Å². The summed E-state index contributed by atoms with van der Waals surface area (Å²) in [5.41, 5.74) is -0.283. The Kier molecular flexibility index (Phi) is 4.41. The van der Waals surface area contributed by atoms with Gasteiger partial charge in [0.1, 0.15) is 4.90 Å². The molecule has 1 aromatic carbocycles. The largest absolute Gasteiger partial charge is 0.338 e. The van der Waals surface area contributed by atoms with Crippen LogP contribution >= 0.6 is 15.9 Å². The normalized spacial score (nSPS) is 22.6. The van der Waals surface area contributed by atoms with Gasteiger partial charge in [-0.3, -0.25) is 4.79 Å². The first-order chi connectivity index (χ1) is 9.61. The molecule has 1 aliphatic rings. The summed E-state index contributed by atoms with van der Waals surface area (Å²) in [6.45, 7) is 5.09. The molecule has 2 N–H and O–H groups in total. The summed E-state index contributed by atoms with van der Waals surface area (Å²) in [7, 11) is -4.23. The number of hydrogen-bond donors (Lipinski definition) is 1. The predicted molar refractivity (Wildman–Crippen MR) is 79.7 cm³/mol. The van der Waals surface area contributed by atoms with E-state index in [4.69, 9.17) is 5.14 Å². The van der Waals surface area contributed by atoms with Crippen LogP contribution in [0.4, 0.5) is 4.39 Å². The maximum atomic E-state index is 14.3. The maximum Gasteiger partial charge on any atom is 0.256 e. The van der Waals surface area contributed by atoms with Crippen LogP contribution in [-0.4, -0.2) is 32.3 Å². The minimum Gasteiger partial charge on any atom is -0.338 e. The van der Waals surface area contributed by atoms with Gasteiger partial charge in [0.25, 0.3) is 5.91 Å². The van der Waals surface area contributed by atoms with Crippen LogP contribution in [0.5, 0.6) is 0 Å². The van der Waals surface area contributed by atoms with Gasteiger partial charge in [-0.15, -0.1) is 0 Å². The fourth-order valence-electron chi connectivity index (χ4n) is 2.39. The lowest BCUT2D eigenvalue weighted by Crippen LogP contribution is -2.30. The van der Waals surface area contributed by atoms with Crippen molar-refractivity contribution in [3.05, 3.63) is 28.0 Å². The minimum atomic E-state index is -4.23. The van der Waals surface area contributed by atoms with Crippen molar-refractivity contribution < 1.29 is 17.6 Å². The fourth-order valence-corrected chi connectivity index (χ4v) is 3.65. The number of carbonyl (C=O) groups is 1. The van der Waals surface area contributed by atoms with Crippen molar-refractivity contribution in [3.63, 3.8) is 0 Å². The standard InChI is InChI=1S/C13H16BrFN2O3S/c1-7-5-17(6-8(7)2)13(18)10-3-9(14)4-11(12(10)15)21(16,19)20/h3-4,7-8H,5-6H2,1-2H3,(H2,16,19,20). The van der Waals surface area contributed by atoms with Crippen molar-refractivity contribution >= 4 is 31.9 Å². The molecule has 1 aliphatic heterocycles. The van der Waals surface area contributed by atoms with Gasteiger partial charge in [0.15, 0.2) is 5.82 Å². The van der Waals surface area contributed by atoms with Gasteiger partial charge < -0.3 is 4.90 Å². The van der Waals surface area contributed by atoms with Gasteiger partial charge in [-0.1, -0.05) is 29.8 Å². The van der Waals surface area contributed by atoms with Crippen LogP contribution in [0.2, 0.25) is 0 Å². The van der Waals surface area contributed by atoms with Crippen LogP contribution in [-0.2, 0) is 10.0 Å². The second-order valence-corrected chi connectivity index (χ2v) is 7.92. The Labute approximate surface area is 131 Å². The molecule has 0 aromatic heterocycles. The lowest BCUT2D eigenvalue weighted by atomic mass is 10.0. The molecule has 21 heavy (non-hydrogen) atoms. The van der Waals surface area contributed by atoms with E-state index in [1.165, 1.54) is 11.0 Å². The summed E-state index contributed by atoms with van der Waals surface area (Å²) < 4.78 is 37.4. The molecule has 0 spiro atoms. The first-order valence-electron chi connectivity index (χ1n) is 6.42. The molecular formula is C13H16BrFN2O3S. The number of likely N-dealkylation sites (tertiary alicyclic amines) is 1. The fraction of sp³-hybridized carbons (Fsp3) is 0.462. The van der Waals surface area contributed by atoms with Gasteiger partial charge in [-0.05, 0) is 24.0 Å². The quantitative estimate of drug-likeness (QED) is 0.853. The lowest BCUT2D eigenvalue weighted by molar-refractivity contribution is 0.0779. The molecule has 8 heteroatoms. The van der Waals surface area contributed by atoms with Crippen LogP contribution in [0.1, 0.15) is 24.2 Å². The van der Waals surface area contributed by atoms with Gasteiger partial charge in [0.2, 0.25) is 10.0 Å².